The second kappa shape index (κ2) is 10.7. The molecule has 1 aliphatic carbocycles. The summed E-state index contributed by atoms with van der Waals surface area (Å²) in [5, 5.41) is 0. The summed E-state index contributed by atoms with van der Waals surface area (Å²) in [4.78, 5) is 0. The predicted octanol–water partition coefficient (Wildman–Crippen LogP) is 9.34. The fourth-order valence-corrected chi connectivity index (χ4v) is 4.64. The molecule has 0 amide bonds. The van der Waals surface area contributed by atoms with Crippen LogP contribution in [0.5, 0.6) is 0 Å². The van der Waals surface area contributed by atoms with Crippen molar-refractivity contribution in [1.82, 2.24) is 0 Å². The molecule has 1 fully saturated rings. The first-order valence-electron chi connectivity index (χ1n) is 11.3. The van der Waals surface area contributed by atoms with E-state index in [1.165, 1.54) is 37.8 Å². The molecule has 0 heterocycles. The predicted molar refractivity (Wildman–Crippen MR) is 116 cm³/mol. The molecule has 0 aromatic heterocycles. The molecule has 2 aromatic rings. The largest absolute Gasteiger partial charge is 0.409 e. The normalized spacial score (nSPS) is 19.4. The van der Waals surface area contributed by atoms with Gasteiger partial charge in [0.05, 0.1) is 5.56 Å². The Labute approximate surface area is 189 Å². The molecule has 0 radical (unpaired) electrons. The number of hydrogen-bond acceptors (Lipinski definition) is 0. The zero-order chi connectivity index (χ0) is 24.2. The maximum atomic E-state index is 14.9. The number of alkyl halides is 3. The molecule has 7 heteroatoms. The van der Waals surface area contributed by atoms with Gasteiger partial charge >= 0.3 is 6.18 Å². The van der Waals surface area contributed by atoms with E-state index in [0.717, 1.165) is 25.7 Å². The van der Waals surface area contributed by atoms with Crippen LogP contribution in [-0.2, 0) is 0 Å². The van der Waals surface area contributed by atoms with Crippen LogP contribution in [0.1, 0.15) is 75.3 Å². The average molecular weight is 472 g/mol. The molecule has 0 nitrogen and oxygen atoms in total. The van der Waals surface area contributed by atoms with E-state index in [2.05, 4.69) is 6.92 Å². The summed E-state index contributed by atoms with van der Waals surface area (Å²) in [6.07, 6.45) is 3.61. The van der Waals surface area contributed by atoms with E-state index in [-0.39, 0.29) is 18.1 Å². The Morgan fingerprint density at radius 1 is 0.818 bits per heavy atom. The van der Waals surface area contributed by atoms with E-state index in [1.807, 2.05) is 0 Å². The van der Waals surface area contributed by atoms with Gasteiger partial charge in [0.15, 0.2) is 0 Å². The zero-order valence-corrected chi connectivity index (χ0v) is 18.4. The van der Waals surface area contributed by atoms with E-state index in [0.29, 0.717) is 23.6 Å². The summed E-state index contributed by atoms with van der Waals surface area (Å²) in [6, 6.07) is 3.69. The minimum Gasteiger partial charge on any atom is -0.206 e. The summed E-state index contributed by atoms with van der Waals surface area (Å²) >= 11 is 0. The quantitative estimate of drug-likeness (QED) is 0.278. The van der Waals surface area contributed by atoms with Gasteiger partial charge in [-0.1, -0.05) is 32.6 Å². The summed E-state index contributed by atoms with van der Waals surface area (Å²) in [7, 11) is 0. The van der Waals surface area contributed by atoms with Crippen LogP contribution >= 0.6 is 0 Å². The number of unbranched alkanes of at least 4 members (excludes halogenated alkanes) is 2. The molecule has 0 bridgehead atoms. The van der Waals surface area contributed by atoms with Gasteiger partial charge in [0, 0.05) is 11.6 Å². The summed E-state index contributed by atoms with van der Waals surface area (Å²) in [6.45, 7) is 2.16. The third kappa shape index (κ3) is 6.61. The first-order chi connectivity index (χ1) is 15.6. The lowest BCUT2D eigenvalue weighted by Gasteiger charge is -2.29. The third-order valence-electron chi connectivity index (χ3n) is 6.41. The van der Waals surface area contributed by atoms with Crippen LogP contribution in [0.3, 0.4) is 0 Å². The molecule has 1 saturated carbocycles. The minimum atomic E-state index is -4.75. The summed E-state index contributed by atoms with van der Waals surface area (Å²) < 4.78 is 95.1. The number of halogens is 7. The first-order valence-corrected chi connectivity index (χ1v) is 11.3. The molecule has 180 valence electrons. The number of hydrogen-bond donors (Lipinski definition) is 0. The van der Waals surface area contributed by atoms with Crippen LogP contribution in [0.4, 0.5) is 30.7 Å². The number of benzene rings is 2. The molecule has 0 saturated heterocycles. The van der Waals surface area contributed by atoms with E-state index >= 15 is 0 Å². The lowest BCUT2D eigenvalue weighted by atomic mass is 9.76. The molecule has 0 aliphatic heterocycles. The average Bonchev–Trinajstić information content (AvgIpc) is 2.72. The highest BCUT2D eigenvalue weighted by atomic mass is 19.4. The summed E-state index contributed by atoms with van der Waals surface area (Å²) in [5.74, 6) is -3.92. The van der Waals surface area contributed by atoms with E-state index in [4.69, 9.17) is 0 Å². The van der Waals surface area contributed by atoms with Crippen LogP contribution in [0.25, 0.3) is 17.2 Å². The van der Waals surface area contributed by atoms with E-state index in [9.17, 15) is 30.7 Å². The fourth-order valence-electron chi connectivity index (χ4n) is 4.64. The highest BCUT2D eigenvalue weighted by Gasteiger charge is 2.26. The maximum Gasteiger partial charge on any atom is 0.409 e. The standard InChI is InChI=1S/C26H27F7/c1-2-3-4-5-16-6-8-17(9-7-16)18-12-23(29)25(24(30)13-18)19-14-21(27)20(22(28)15-19)10-11-26(31,32)33/h10-17H,2-9H2,1H3/b11-10+. The van der Waals surface area contributed by atoms with Gasteiger partial charge in [-0.3, -0.25) is 0 Å². The van der Waals surface area contributed by atoms with Crippen molar-refractivity contribution in [3.8, 4) is 11.1 Å². The molecule has 0 N–H and O–H groups in total. The Balaban J connectivity index is 1.79. The monoisotopic (exact) mass is 472 g/mol. The minimum absolute atomic E-state index is 0.0221. The molecule has 2 aromatic carbocycles. The Morgan fingerprint density at radius 2 is 1.39 bits per heavy atom. The fraction of sp³-hybridized carbons (Fsp3) is 0.462. The van der Waals surface area contributed by atoms with Crippen LogP contribution in [0.2, 0.25) is 0 Å². The van der Waals surface area contributed by atoms with Crippen molar-refractivity contribution in [2.45, 2.75) is 70.4 Å². The number of allylic oxidation sites excluding steroid dienone is 1. The lowest BCUT2D eigenvalue weighted by molar-refractivity contribution is -0.0790. The summed E-state index contributed by atoms with van der Waals surface area (Å²) in [5.41, 5.74) is -1.41. The second-order valence-corrected chi connectivity index (χ2v) is 8.80. The van der Waals surface area contributed by atoms with Crippen molar-refractivity contribution in [1.29, 1.82) is 0 Å². The van der Waals surface area contributed by atoms with Gasteiger partial charge < -0.3 is 0 Å². The van der Waals surface area contributed by atoms with Crippen LogP contribution < -0.4 is 0 Å². The highest BCUT2D eigenvalue weighted by molar-refractivity contribution is 5.68. The van der Waals surface area contributed by atoms with Crippen molar-refractivity contribution < 1.29 is 30.7 Å². The number of rotatable bonds is 7. The van der Waals surface area contributed by atoms with Crippen molar-refractivity contribution in [3.63, 3.8) is 0 Å². The van der Waals surface area contributed by atoms with Crippen molar-refractivity contribution in [3.05, 3.63) is 64.7 Å². The highest BCUT2D eigenvalue weighted by Crippen LogP contribution is 2.40. The molecule has 33 heavy (non-hydrogen) atoms. The molecular formula is C26H27F7. The molecule has 0 atom stereocenters. The molecule has 0 spiro atoms. The van der Waals surface area contributed by atoms with Crippen LogP contribution in [-0.4, -0.2) is 6.18 Å². The zero-order valence-electron chi connectivity index (χ0n) is 18.4. The van der Waals surface area contributed by atoms with Gasteiger partial charge in [0.2, 0.25) is 0 Å². The Morgan fingerprint density at radius 3 is 1.91 bits per heavy atom. The van der Waals surface area contributed by atoms with Gasteiger partial charge in [-0.05, 0) is 79.0 Å². The Hall–Kier alpha value is -2.31. The first kappa shape index (κ1) is 25.3. The van der Waals surface area contributed by atoms with Crippen LogP contribution in [0.15, 0.2) is 30.3 Å². The van der Waals surface area contributed by atoms with Gasteiger partial charge in [-0.2, -0.15) is 13.2 Å². The van der Waals surface area contributed by atoms with Crippen molar-refractivity contribution in [2.75, 3.05) is 0 Å². The smallest absolute Gasteiger partial charge is 0.206 e. The SMILES string of the molecule is CCCCCC1CCC(c2cc(F)c(-c3cc(F)c(/C=C/C(F)(F)F)c(F)c3)c(F)c2)CC1. The van der Waals surface area contributed by atoms with E-state index < -0.39 is 46.1 Å². The van der Waals surface area contributed by atoms with Gasteiger partial charge in [-0.15, -0.1) is 0 Å². The molecule has 3 rings (SSSR count). The lowest BCUT2D eigenvalue weighted by Crippen LogP contribution is -2.14. The molecule has 0 unspecified atom stereocenters. The van der Waals surface area contributed by atoms with Gasteiger partial charge in [-0.25, -0.2) is 17.6 Å². The van der Waals surface area contributed by atoms with Gasteiger partial charge in [0.25, 0.3) is 0 Å². The second-order valence-electron chi connectivity index (χ2n) is 8.80. The molecular weight excluding hydrogens is 445 g/mol. The van der Waals surface area contributed by atoms with Gasteiger partial charge in [0.1, 0.15) is 23.3 Å². The van der Waals surface area contributed by atoms with Crippen molar-refractivity contribution in [2.24, 2.45) is 5.92 Å². The maximum absolute atomic E-state index is 14.9. The van der Waals surface area contributed by atoms with Crippen LogP contribution in [0, 0.1) is 29.2 Å². The Kier molecular flexibility index (Phi) is 8.24. The van der Waals surface area contributed by atoms with Crippen molar-refractivity contribution >= 4 is 6.08 Å². The van der Waals surface area contributed by atoms with E-state index in [1.54, 1.807) is 0 Å². The topological polar surface area (TPSA) is 0 Å². The Bertz CT molecular complexity index is 937. The third-order valence-corrected chi connectivity index (χ3v) is 6.41. The molecule has 1 aliphatic rings.